The van der Waals surface area contributed by atoms with Crippen LogP contribution in [0.1, 0.15) is 5.56 Å². The standard InChI is InChI=1S/C11H12F3NO2S/c1-8-4-2-3-5-9(8)18(16,17)11(13,14)10(12)6-7-15/h2-6H,7,15H2,1H3/b10-6-. The van der Waals surface area contributed by atoms with Crippen LogP contribution in [-0.4, -0.2) is 20.2 Å². The highest BCUT2D eigenvalue weighted by Crippen LogP contribution is 2.37. The summed E-state index contributed by atoms with van der Waals surface area (Å²) in [5, 5.41) is -4.61. The van der Waals surface area contributed by atoms with Crippen molar-refractivity contribution < 1.29 is 21.6 Å². The van der Waals surface area contributed by atoms with Gasteiger partial charge in [-0.05, 0) is 24.6 Å². The van der Waals surface area contributed by atoms with E-state index < -0.39 is 32.4 Å². The molecular formula is C11H12F3NO2S. The van der Waals surface area contributed by atoms with E-state index in [-0.39, 0.29) is 5.56 Å². The van der Waals surface area contributed by atoms with Gasteiger partial charge in [0.1, 0.15) is 0 Å². The molecule has 0 aromatic heterocycles. The first-order valence-electron chi connectivity index (χ1n) is 4.99. The number of aryl methyl sites for hydroxylation is 1. The molecule has 0 radical (unpaired) electrons. The van der Waals surface area contributed by atoms with Crippen LogP contribution in [0.2, 0.25) is 0 Å². The topological polar surface area (TPSA) is 60.2 Å². The molecule has 0 aliphatic heterocycles. The van der Waals surface area contributed by atoms with E-state index in [9.17, 15) is 21.6 Å². The summed E-state index contributed by atoms with van der Waals surface area (Å²) in [5.41, 5.74) is 5.02. The zero-order valence-corrected chi connectivity index (χ0v) is 10.3. The Balaban J connectivity index is 3.40. The summed E-state index contributed by atoms with van der Waals surface area (Å²) >= 11 is 0. The summed E-state index contributed by atoms with van der Waals surface area (Å²) in [6, 6.07) is 5.15. The summed E-state index contributed by atoms with van der Waals surface area (Å²) < 4.78 is 63.7. The van der Waals surface area contributed by atoms with Crippen LogP contribution < -0.4 is 5.73 Å². The van der Waals surface area contributed by atoms with E-state index in [1.165, 1.54) is 25.1 Å². The summed E-state index contributed by atoms with van der Waals surface area (Å²) in [7, 11) is -5.12. The van der Waals surface area contributed by atoms with Crippen molar-refractivity contribution in [3.05, 3.63) is 41.7 Å². The van der Waals surface area contributed by atoms with Crippen molar-refractivity contribution in [1.29, 1.82) is 0 Å². The van der Waals surface area contributed by atoms with E-state index in [2.05, 4.69) is 0 Å². The lowest BCUT2D eigenvalue weighted by Gasteiger charge is -2.16. The third-order valence-corrected chi connectivity index (χ3v) is 4.20. The highest BCUT2D eigenvalue weighted by molar-refractivity contribution is 7.92. The van der Waals surface area contributed by atoms with Gasteiger partial charge in [-0.1, -0.05) is 18.2 Å². The van der Waals surface area contributed by atoms with Crippen molar-refractivity contribution in [3.63, 3.8) is 0 Å². The van der Waals surface area contributed by atoms with E-state index in [0.717, 1.165) is 6.07 Å². The number of hydrogen-bond acceptors (Lipinski definition) is 3. The van der Waals surface area contributed by atoms with Crippen LogP contribution in [0.3, 0.4) is 0 Å². The number of rotatable bonds is 4. The van der Waals surface area contributed by atoms with E-state index in [0.29, 0.717) is 6.08 Å². The second-order valence-corrected chi connectivity index (χ2v) is 5.53. The summed E-state index contributed by atoms with van der Waals surface area (Å²) in [6.45, 7) is 0.845. The number of sulfone groups is 1. The average molecular weight is 279 g/mol. The molecule has 100 valence electrons. The van der Waals surface area contributed by atoms with E-state index >= 15 is 0 Å². The maximum absolute atomic E-state index is 13.6. The predicted octanol–water partition coefficient (Wildman–Crippen LogP) is 2.17. The Morgan fingerprint density at radius 3 is 2.44 bits per heavy atom. The van der Waals surface area contributed by atoms with Crippen LogP contribution >= 0.6 is 0 Å². The van der Waals surface area contributed by atoms with Gasteiger partial charge in [-0.25, -0.2) is 12.8 Å². The second kappa shape index (κ2) is 5.11. The van der Waals surface area contributed by atoms with E-state index in [1.807, 2.05) is 0 Å². The Hall–Kier alpha value is -1.34. The number of hydrogen-bond donors (Lipinski definition) is 1. The second-order valence-electron chi connectivity index (χ2n) is 3.57. The lowest BCUT2D eigenvalue weighted by Crippen LogP contribution is -2.30. The molecule has 1 rings (SSSR count). The summed E-state index contributed by atoms with van der Waals surface area (Å²) in [6.07, 6.45) is 0.343. The van der Waals surface area contributed by atoms with Gasteiger partial charge >= 0.3 is 5.25 Å². The van der Waals surface area contributed by atoms with Crippen molar-refractivity contribution >= 4 is 9.84 Å². The maximum atomic E-state index is 13.6. The molecule has 0 atom stereocenters. The highest BCUT2D eigenvalue weighted by atomic mass is 32.2. The van der Waals surface area contributed by atoms with Gasteiger partial charge in [-0.3, -0.25) is 0 Å². The smallest absolute Gasteiger partial charge is 0.327 e. The molecule has 0 saturated heterocycles. The van der Waals surface area contributed by atoms with Crippen molar-refractivity contribution in [2.75, 3.05) is 6.54 Å². The molecule has 18 heavy (non-hydrogen) atoms. The minimum Gasteiger partial charge on any atom is -0.327 e. The Morgan fingerprint density at radius 1 is 1.39 bits per heavy atom. The van der Waals surface area contributed by atoms with Gasteiger partial charge in [0.25, 0.3) is 9.84 Å². The molecule has 2 N–H and O–H groups in total. The minimum absolute atomic E-state index is 0.123. The average Bonchev–Trinajstić information content (AvgIpc) is 2.29. The van der Waals surface area contributed by atoms with Crippen molar-refractivity contribution in [2.24, 2.45) is 5.73 Å². The van der Waals surface area contributed by atoms with Crippen LogP contribution in [0.25, 0.3) is 0 Å². The highest BCUT2D eigenvalue weighted by Gasteiger charge is 2.50. The molecule has 0 amide bonds. The third-order valence-electron chi connectivity index (χ3n) is 2.30. The molecule has 7 heteroatoms. The lowest BCUT2D eigenvalue weighted by molar-refractivity contribution is 0.105. The molecular weight excluding hydrogens is 267 g/mol. The van der Waals surface area contributed by atoms with Crippen LogP contribution in [-0.2, 0) is 9.84 Å². The third kappa shape index (κ3) is 2.41. The van der Waals surface area contributed by atoms with Gasteiger partial charge in [0, 0.05) is 6.54 Å². The Labute approximate surface area is 103 Å². The maximum Gasteiger partial charge on any atom is 0.400 e. The van der Waals surface area contributed by atoms with Gasteiger partial charge in [0.2, 0.25) is 0 Å². The molecule has 0 spiro atoms. The molecule has 0 saturated carbocycles. The number of halogens is 3. The van der Waals surface area contributed by atoms with Crippen LogP contribution in [0, 0.1) is 6.92 Å². The predicted molar refractivity (Wildman–Crippen MR) is 61.6 cm³/mol. The first-order chi connectivity index (χ1) is 8.25. The van der Waals surface area contributed by atoms with Gasteiger partial charge < -0.3 is 5.73 Å². The zero-order chi connectivity index (χ0) is 14.0. The van der Waals surface area contributed by atoms with Gasteiger partial charge in [0.05, 0.1) is 4.90 Å². The fourth-order valence-corrected chi connectivity index (χ4v) is 2.71. The van der Waals surface area contributed by atoms with Crippen molar-refractivity contribution in [2.45, 2.75) is 17.1 Å². The minimum atomic E-state index is -5.12. The number of nitrogens with two attached hydrogens (primary N) is 1. The molecule has 0 heterocycles. The van der Waals surface area contributed by atoms with Gasteiger partial charge in [0.15, 0.2) is 5.83 Å². The molecule has 0 bridgehead atoms. The Bertz CT molecular complexity index is 567. The van der Waals surface area contributed by atoms with Crippen molar-refractivity contribution in [3.8, 4) is 0 Å². The fraction of sp³-hybridized carbons (Fsp3) is 0.273. The largest absolute Gasteiger partial charge is 0.400 e. The molecule has 0 aliphatic carbocycles. The normalized spacial score (nSPS) is 13.7. The van der Waals surface area contributed by atoms with Crippen molar-refractivity contribution in [1.82, 2.24) is 0 Å². The summed E-state index contributed by atoms with van der Waals surface area (Å²) in [5.74, 6) is -2.06. The Kier molecular flexibility index (Phi) is 4.18. The summed E-state index contributed by atoms with van der Waals surface area (Å²) in [4.78, 5) is -0.601. The quantitative estimate of drug-likeness (QED) is 0.919. The first kappa shape index (κ1) is 14.7. The molecule has 1 aromatic rings. The molecule has 0 unspecified atom stereocenters. The van der Waals surface area contributed by atoms with Gasteiger partial charge in [-0.15, -0.1) is 0 Å². The van der Waals surface area contributed by atoms with E-state index in [1.54, 1.807) is 0 Å². The number of benzene rings is 1. The molecule has 3 nitrogen and oxygen atoms in total. The zero-order valence-electron chi connectivity index (χ0n) is 9.53. The van der Waals surface area contributed by atoms with E-state index in [4.69, 9.17) is 5.73 Å². The lowest BCUT2D eigenvalue weighted by atomic mass is 10.2. The van der Waals surface area contributed by atoms with Crippen LogP contribution in [0.4, 0.5) is 13.2 Å². The first-order valence-corrected chi connectivity index (χ1v) is 6.47. The van der Waals surface area contributed by atoms with Crippen LogP contribution in [0.15, 0.2) is 41.1 Å². The number of alkyl halides is 2. The SMILES string of the molecule is Cc1ccccc1S(=O)(=O)C(F)(F)/C(F)=C/CN. The molecule has 0 aliphatic rings. The van der Waals surface area contributed by atoms with Crippen LogP contribution in [0.5, 0.6) is 0 Å². The molecule has 1 aromatic carbocycles. The van der Waals surface area contributed by atoms with Gasteiger partial charge in [-0.2, -0.15) is 8.78 Å². The Morgan fingerprint density at radius 2 is 1.94 bits per heavy atom. The fourth-order valence-electron chi connectivity index (χ4n) is 1.35. The monoisotopic (exact) mass is 279 g/mol. The molecule has 0 fully saturated rings.